The lowest BCUT2D eigenvalue weighted by Crippen LogP contribution is -2.33. The van der Waals surface area contributed by atoms with Crippen LogP contribution in [0.25, 0.3) is 15.8 Å². The fourth-order valence-corrected chi connectivity index (χ4v) is 5.24. The Bertz CT molecular complexity index is 1380. The van der Waals surface area contributed by atoms with Crippen LogP contribution in [0, 0.1) is 5.41 Å². The van der Waals surface area contributed by atoms with Gasteiger partial charge in [0.15, 0.2) is 0 Å². The molecule has 0 unspecified atom stereocenters. The first-order chi connectivity index (χ1) is 17.0. The summed E-state index contributed by atoms with van der Waals surface area (Å²) in [4.78, 5) is 19.0. The summed E-state index contributed by atoms with van der Waals surface area (Å²) in [6.45, 7) is 2.21. The van der Waals surface area contributed by atoms with Gasteiger partial charge in [-0.15, -0.1) is 11.3 Å². The third-order valence-electron chi connectivity index (χ3n) is 6.14. The molecule has 1 aliphatic rings. The lowest BCUT2D eigenvalue weighted by Gasteiger charge is -2.19. The summed E-state index contributed by atoms with van der Waals surface area (Å²) in [5.74, 6) is 0.209. The van der Waals surface area contributed by atoms with Crippen LogP contribution in [0.5, 0.6) is 0 Å². The molecule has 1 aliphatic heterocycles. The van der Waals surface area contributed by atoms with E-state index in [4.69, 9.17) is 5.41 Å². The quantitative estimate of drug-likeness (QED) is 0.310. The predicted octanol–water partition coefficient (Wildman–Crippen LogP) is 5.81. The lowest BCUT2D eigenvalue weighted by atomic mass is 10.1. The van der Waals surface area contributed by atoms with E-state index in [-0.39, 0.29) is 30.1 Å². The van der Waals surface area contributed by atoms with Gasteiger partial charge in [0.2, 0.25) is 0 Å². The molecule has 3 aromatic carbocycles. The number of aromatic nitrogens is 1. The summed E-state index contributed by atoms with van der Waals surface area (Å²) < 4.78 is 1.02. The van der Waals surface area contributed by atoms with Gasteiger partial charge in [-0.3, -0.25) is 10.2 Å². The van der Waals surface area contributed by atoms with E-state index in [9.17, 15) is 9.90 Å². The number of carbonyl (C=O) groups is 1. The number of nitrogens with zero attached hydrogens (tertiary/aromatic N) is 2. The van der Waals surface area contributed by atoms with Crippen molar-refractivity contribution in [1.82, 2.24) is 10.3 Å². The maximum Gasteiger partial charge on any atom is 0.251 e. The highest BCUT2D eigenvalue weighted by Gasteiger charge is 2.31. The van der Waals surface area contributed by atoms with E-state index in [1.165, 1.54) is 16.9 Å². The average Bonchev–Trinajstić information content (AvgIpc) is 3.43. The number of aryl methyl sites for hydroxylation is 1. The monoisotopic (exact) mass is 482 g/mol. The van der Waals surface area contributed by atoms with Crippen LogP contribution in [-0.2, 0) is 6.42 Å². The number of anilines is 1. The number of hydrogen-bond donors (Lipinski definition) is 3. The van der Waals surface area contributed by atoms with Crippen molar-refractivity contribution in [3.63, 3.8) is 0 Å². The van der Waals surface area contributed by atoms with Gasteiger partial charge < -0.3 is 15.3 Å². The minimum absolute atomic E-state index is 0.0478. The van der Waals surface area contributed by atoms with E-state index < -0.39 is 0 Å². The Morgan fingerprint density at radius 3 is 2.54 bits per heavy atom. The summed E-state index contributed by atoms with van der Waals surface area (Å²) >= 11 is 1.46. The number of thiazole rings is 1. The van der Waals surface area contributed by atoms with Crippen molar-refractivity contribution >= 4 is 44.6 Å². The molecule has 6 nitrogen and oxygen atoms in total. The summed E-state index contributed by atoms with van der Waals surface area (Å²) in [7, 11) is 0. The molecule has 3 N–H and O–H groups in total. The SMILES string of the molecule is C[C@@H](CCc1ccccc1)NC(=O)c1ccc(N2CC(O)=C(c3nc4ccccc4s3)C2=N)cc1. The van der Waals surface area contributed by atoms with Crippen LogP contribution in [0.1, 0.15) is 34.3 Å². The summed E-state index contributed by atoms with van der Waals surface area (Å²) in [5, 5.41) is 23.0. The van der Waals surface area contributed by atoms with Gasteiger partial charge in [0.05, 0.1) is 22.3 Å². The molecular weight excluding hydrogens is 456 g/mol. The Hall–Kier alpha value is -3.97. The molecule has 0 saturated heterocycles. The number of fused-ring (bicyclic) bond motifs is 1. The number of rotatable bonds is 7. The molecule has 5 rings (SSSR count). The predicted molar refractivity (Wildman–Crippen MR) is 142 cm³/mol. The highest BCUT2D eigenvalue weighted by molar-refractivity contribution is 7.19. The second kappa shape index (κ2) is 9.72. The number of amidine groups is 1. The van der Waals surface area contributed by atoms with Crippen LogP contribution in [0.15, 0.2) is 84.6 Å². The van der Waals surface area contributed by atoms with Crippen molar-refractivity contribution in [2.24, 2.45) is 0 Å². The summed E-state index contributed by atoms with van der Waals surface area (Å²) in [5.41, 5.74) is 3.88. The molecule has 0 radical (unpaired) electrons. The van der Waals surface area contributed by atoms with Crippen molar-refractivity contribution < 1.29 is 9.90 Å². The van der Waals surface area contributed by atoms with E-state index in [2.05, 4.69) is 22.4 Å². The zero-order chi connectivity index (χ0) is 24.4. The van der Waals surface area contributed by atoms with Gasteiger partial charge in [-0.25, -0.2) is 4.98 Å². The maximum absolute atomic E-state index is 12.7. The Kier molecular flexibility index (Phi) is 6.33. The molecule has 1 amide bonds. The fourth-order valence-electron chi connectivity index (χ4n) is 4.20. The van der Waals surface area contributed by atoms with Crippen LogP contribution in [0.2, 0.25) is 0 Å². The second-order valence-corrected chi connectivity index (χ2v) is 9.72. The van der Waals surface area contributed by atoms with E-state index in [1.54, 1.807) is 17.0 Å². The number of aliphatic hydroxyl groups excluding tert-OH is 1. The van der Waals surface area contributed by atoms with Crippen molar-refractivity contribution in [3.05, 3.63) is 101 Å². The van der Waals surface area contributed by atoms with Gasteiger partial charge in [-0.2, -0.15) is 0 Å². The molecule has 1 aromatic heterocycles. The number of amides is 1. The molecule has 176 valence electrons. The Balaban J connectivity index is 1.23. The zero-order valence-corrected chi connectivity index (χ0v) is 20.2. The van der Waals surface area contributed by atoms with Gasteiger partial charge in [0, 0.05) is 17.3 Å². The van der Waals surface area contributed by atoms with Crippen molar-refractivity contribution in [3.8, 4) is 0 Å². The summed E-state index contributed by atoms with van der Waals surface area (Å²) in [6.07, 6.45) is 1.77. The third kappa shape index (κ3) is 4.81. The molecule has 0 fully saturated rings. The van der Waals surface area contributed by atoms with Crippen LogP contribution in [0.3, 0.4) is 0 Å². The zero-order valence-electron chi connectivity index (χ0n) is 19.4. The van der Waals surface area contributed by atoms with E-state index in [1.807, 2.05) is 61.5 Å². The van der Waals surface area contributed by atoms with Crippen molar-refractivity contribution in [2.45, 2.75) is 25.8 Å². The van der Waals surface area contributed by atoms with Crippen molar-refractivity contribution in [2.75, 3.05) is 11.4 Å². The van der Waals surface area contributed by atoms with Crippen LogP contribution < -0.4 is 10.2 Å². The molecule has 0 aliphatic carbocycles. The van der Waals surface area contributed by atoms with E-state index in [0.717, 1.165) is 28.7 Å². The van der Waals surface area contributed by atoms with E-state index in [0.29, 0.717) is 16.1 Å². The van der Waals surface area contributed by atoms with Crippen molar-refractivity contribution in [1.29, 1.82) is 5.41 Å². The Morgan fingerprint density at radius 2 is 1.80 bits per heavy atom. The minimum atomic E-state index is -0.121. The van der Waals surface area contributed by atoms with Gasteiger partial charge in [0.25, 0.3) is 5.91 Å². The van der Waals surface area contributed by atoms with Gasteiger partial charge in [-0.05, 0) is 61.7 Å². The smallest absolute Gasteiger partial charge is 0.251 e. The topological polar surface area (TPSA) is 89.3 Å². The largest absolute Gasteiger partial charge is 0.510 e. The van der Waals surface area contributed by atoms with E-state index >= 15 is 0 Å². The maximum atomic E-state index is 12.7. The molecule has 0 bridgehead atoms. The number of para-hydroxylation sites is 1. The van der Waals surface area contributed by atoms with Gasteiger partial charge in [-0.1, -0.05) is 42.5 Å². The van der Waals surface area contributed by atoms with Crippen LogP contribution >= 0.6 is 11.3 Å². The Morgan fingerprint density at radius 1 is 1.09 bits per heavy atom. The molecule has 0 spiro atoms. The molecule has 35 heavy (non-hydrogen) atoms. The molecule has 0 saturated carbocycles. The van der Waals surface area contributed by atoms with Gasteiger partial charge >= 0.3 is 0 Å². The highest BCUT2D eigenvalue weighted by Crippen LogP contribution is 2.35. The number of nitrogens with one attached hydrogen (secondary N) is 2. The van der Waals surface area contributed by atoms with Crippen LogP contribution in [-0.4, -0.2) is 34.4 Å². The lowest BCUT2D eigenvalue weighted by molar-refractivity contribution is 0.0938. The normalized spacial score (nSPS) is 14.5. The molecular formula is C28H26N4O2S. The first-order valence-corrected chi connectivity index (χ1v) is 12.4. The molecule has 2 heterocycles. The first kappa shape index (κ1) is 22.8. The minimum Gasteiger partial charge on any atom is -0.510 e. The number of aliphatic hydroxyl groups is 1. The second-order valence-electron chi connectivity index (χ2n) is 8.69. The Labute approximate surface area is 208 Å². The number of benzene rings is 3. The number of hydrogen-bond acceptors (Lipinski definition) is 5. The highest BCUT2D eigenvalue weighted by atomic mass is 32.1. The van der Waals surface area contributed by atoms with Crippen LogP contribution in [0.4, 0.5) is 5.69 Å². The fraction of sp³-hybridized carbons (Fsp3) is 0.179. The number of carbonyl (C=O) groups excluding carboxylic acids is 1. The average molecular weight is 483 g/mol. The summed E-state index contributed by atoms with van der Waals surface area (Å²) in [6, 6.07) is 25.2. The molecule has 7 heteroatoms. The first-order valence-electron chi connectivity index (χ1n) is 11.6. The molecule has 1 atom stereocenters. The van der Waals surface area contributed by atoms with Gasteiger partial charge in [0.1, 0.15) is 16.6 Å². The third-order valence-corrected chi connectivity index (χ3v) is 7.19. The molecule has 4 aromatic rings. The standard InChI is InChI=1S/C28H26N4O2S/c1-18(11-12-19-7-3-2-4-8-19)30-27(34)20-13-15-21(16-14-20)32-17-23(33)25(26(32)29)28-31-22-9-5-6-10-24(22)35-28/h2-10,13-16,18,29,33H,11-12,17H2,1H3,(H,30,34)/t18-/m0/s1.